The average molecular weight is 317 g/mol. The molecule has 0 aliphatic rings. The molecule has 3 heteroatoms. The van der Waals surface area contributed by atoms with Gasteiger partial charge >= 0.3 is 57.4 Å². The molecule has 0 spiro atoms. The van der Waals surface area contributed by atoms with Crippen LogP contribution in [-0.4, -0.2) is 62.5 Å². The van der Waals surface area contributed by atoms with Crippen molar-refractivity contribution >= 4 is 57.4 Å². The van der Waals surface area contributed by atoms with Gasteiger partial charge in [-0.2, -0.15) is 0 Å². The van der Waals surface area contributed by atoms with Gasteiger partial charge in [0.05, 0.1) is 5.92 Å². The third kappa shape index (κ3) is 10.6. The third-order valence-electron chi connectivity index (χ3n) is 3.83. The number of carboxylic acid groups (broad SMARTS) is 1. The van der Waals surface area contributed by atoms with Gasteiger partial charge in [-0.05, 0) is 18.4 Å². The van der Waals surface area contributed by atoms with Crippen LogP contribution in [0, 0.1) is 5.92 Å². The quantitative estimate of drug-likeness (QED) is 0.484. The number of carbonyl (C=O) groups is 1. The Balaban J connectivity index is 0.00000400. The van der Waals surface area contributed by atoms with Crippen molar-refractivity contribution in [2.45, 2.75) is 64.7 Å². The van der Waals surface area contributed by atoms with E-state index < -0.39 is 5.97 Å². The summed E-state index contributed by atoms with van der Waals surface area (Å²) in [5.41, 5.74) is 1.13. The number of rotatable bonds is 11. The zero-order valence-corrected chi connectivity index (χ0v) is 12.7. The van der Waals surface area contributed by atoms with Crippen LogP contribution in [0.25, 0.3) is 0 Å². The van der Waals surface area contributed by atoms with Gasteiger partial charge in [-0.25, -0.2) is 0 Å². The van der Waals surface area contributed by atoms with Crippen LogP contribution >= 0.6 is 0 Å². The van der Waals surface area contributed by atoms with Crippen molar-refractivity contribution in [1.29, 1.82) is 0 Å². The van der Waals surface area contributed by atoms with Crippen LogP contribution in [0.15, 0.2) is 30.3 Å². The first kappa shape index (κ1) is 21.3. The van der Waals surface area contributed by atoms with Crippen molar-refractivity contribution < 1.29 is 9.90 Å². The zero-order chi connectivity index (χ0) is 14.6. The Kier molecular flexibility index (Phi) is 14.2. The minimum atomic E-state index is -0.653. The molecule has 1 aromatic rings. The molecule has 21 heavy (non-hydrogen) atoms. The summed E-state index contributed by atoms with van der Waals surface area (Å²) in [5, 5.41) is 9.31. The third-order valence-corrected chi connectivity index (χ3v) is 3.83. The molecule has 0 amide bonds. The van der Waals surface area contributed by atoms with E-state index in [2.05, 4.69) is 6.92 Å². The fraction of sp³-hybridized carbons (Fsp3) is 0.611. The van der Waals surface area contributed by atoms with E-state index in [-0.39, 0.29) is 57.3 Å². The van der Waals surface area contributed by atoms with Crippen LogP contribution in [0.2, 0.25) is 0 Å². The molecule has 0 heterocycles. The normalized spacial score (nSPS) is 11.7. The molecular formula is C18H29KO2. The van der Waals surface area contributed by atoms with Crippen LogP contribution in [0.3, 0.4) is 0 Å². The predicted molar refractivity (Wildman–Crippen MR) is 91.0 cm³/mol. The fourth-order valence-corrected chi connectivity index (χ4v) is 2.56. The average Bonchev–Trinajstić information content (AvgIpc) is 2.46. The van der Waals surface area contributed by atoms with Gasteiger partial charge in [-0.15, -0.1) is 0 Å². The van der Waals surface area contributed by atoms with Crippen LogP contribution in [0.4, 0.5) is 0 Å². The maximum absolute atomic E-state index is 11.3. The van der Waals surface area contributed by atoms with E-state index in [0.29, 0.717) is 6.42 Å². The molecule has 1 aromatic carbocycles. The number of benzene rings is 1. The summed E-state index contributed by atoms with van der Waals surface area (Å²) in [6.07, 6.45) is 10.1. The molecule has 0 saturated carbocycles. The molecule has 0 aromatic heterocycles. The van der Waals surface area contributed by atoms with Gasteiger partial charge < -0.3 is 5.11 Å². The molecule has 1 N–H and O–H groups in total. The number of hydrogen-bond acceptors (Lipinski definition) is 1. The van der Waals surface area contributed by atoms with E-state index in [1.807, 2.05) is 30.3 Å². The topological polar surface area (TPSA) is 37.3 Å². The standard InChI is InChI=1S/C18H28O2.K.H/c1-2-3-4-5-6-7-11-14-17(18(19)20)15-16-12-9-8-10-13-16;;/h8-10,12-13,17H,2-7,11,14-15H2,1H3,(H,19,20);;. The second-order valence-electron chi connectivity index (χ2n) is 5.63. The van der Waals surface area contributed by atoms with E-state index in [1.165, 1.54) is 38.5 Å². The van der Waals surface area contributed by atoms with Gasteiger partial charge in [0.15, 0.2) is 0 Å². The fourth-order valence-electron chi connectivity index (χ4n) is 2.56. The summed E-state index contributed by atoms with van der Waals surface area (Å²) in [4.78, 5) is 11.3. The number of carboxylic acids is 1. The summed E-state index contributed by atoms with van der Waals surface area (Å²) in [6.45, 7) is 2.22. The van der Waals surface area contributed by atoms with Crippen molar-refractivity contribution in [2.24, 2.45) is 5.92 Å². The van der Waals surface area contributed by atoms with E-state index in [4.69, 9.17) is 0 Å². The molecule has 2 nitrogen and oxygen atoms in total. The van der Waals surface area contributed by atoms with Crippen molar-refractivity contribution in [2.75, 3.05) is 0 Å². The van der Waals surface area contributed by atoms with Crippen molar-refractivity contribution in [3.8, 4) is 0 Å². The van der Waals surface area contributed by atoms with Gasteiger partial charge in [-0.3, -0.25) is 4.79 Å². The van der Waals surface area contributed by atoms with E-state index in [0.717, 1.165) is 18.4 Å². The van der Waals surface area contributed by atoms with Crippen molar-refractivity contribution in [1.82, 2.24) is 0 Å². The first-order valence-corrected chi connectivity index (χ1v) is 8.00. The van der Waals surface area contributed by atoms with E-state index in [1.54, 1.807) is 0 Å². The summed E-state index contributed by atoms with van der Waals surface area (Å²) in [6, 6.07) is 9.95. The molecule has 1 unspecified atom stereocenters. The zero-order valence-electron chi connectivity index (χ0n) is 12.7. The van der Waals surface area contributed by atoms with Crippen molar-refractivity contribution in [3.63, 3.8) is 0 Å². The summed E-state index contributed by atoms with van der Waals surface area (Å²) in [5.74, 6) is -0.882. The minimum absolute atomic E-state index is 0. The SMILES string of the molecule is CCCCCCCCCC(Cc1ccccc1)C(=O)O.[KH]. The molecule has 0 aliphatic heterocycles. The van der Waals surface area contributed by atoms with E-state index in [9.17, 15) is 9.90 Å². The molecule has 0 saturated heterocycles. The monoisotopic (exact) mass is 316 g/mol. The predicted octanol–water partition coefficient (Wildman–Crippen LogP) is 4.42. The summed E-state index contributed by atoms with van der Waals surface area (Å²) < 4.78 is 0. The van der Waals surface area contributed by atoms with Crippen LogP contribution in [0.1, 0.15) is 63.9 Å². The Morgan fingerprint density at radius 1 is 1.00 bits per heavy atom. The molecule has 0 fully saturated rings. The Morgan fingerprint density at radius 3 is 2.14 bits per heavy atom. The first-order valence-electron chi connectivity index (χ1n) is 8.00. The number of unbranched alkanes of at least 4 members (excludes halogenated alkanes) is 6. The van der Waals surface area contributed by atoms with Gasteiger partial charge in [-0.1, -0.05) is 82.2 Å². The molecule has 0 bridgehead atoms. The van der Waals surface area contributed by atoms with Crippen LogP contribution in [0.5, 0.6) is 0 Å². The molecule has 1 atom stereocenters. The maximum atomic E-state index is 11.3. The Hall–Kier alpha value is 0.326. The van der Waals surface area contributed by atoms with Gasteiger partial charge in [0.2, 0.25) is 0 Å². The molecule has 0 aliphatic carbocycles. The second-order valence-corrected chi connectivity index (χ2v) is 5.63. The van der Waals surface area contributed by atoms with Gasteiger partial charge in [0.1, 0.15) is 0 Å². The van der Waals surface area contributed by atoms with Crippen molar-refractivity contribution in [3.05, 3.63) is 35.9 Å². The van der Waals surface area contributed by atoms with E-state index >= 15 is 0 Å². The Bertz CT molecular complexity index is 365. The van der Waals surface area contributed by atoms with Crippen LogP contribution in [-0.2, 0) is 11.2 Å². The second kappa shape index (κ2) is 14.0. The summed E-state index contributed by atoms with van der Waals surface area (Å²) in [7, 11) is 0. The first-order chi connectivity index (χ1) is 9.74. The van der Waals surface area contributed by atoms with Gasteiger partial charge in [0, 0.05) is 0 Å². The van der Waals surface area contributed by atoms with Crippen LogP contribution < -0.4 is 0 Å². The molecular weight excluding hydrogens is 287 g/mol. The number of hydrogen-bond donors (Lipinski definition) is 1. The Morgan fingerprint density at radius 2 is 1.57 bits per heavy atom. The number of aliphatic carboxylic acids is 1. The molecule has 114 valence electrons. The Labute approximate surface area is 172 Å². The molecule has 1 rings (SSSR count). The molecule has 0 radical (unpaired) electrons. The van der Waals surface area contributed by atoms with Gasteiger partial charge in [0.25, 0.3) is 0 Å². The summed E-state index contributed by atoms with van der Waals surface area (Å²) >= 11 is 0.